The van der Waals surface area contributed by atoms with Crippen LogP contribution in [-0.4, -0.2) is 43.2 Å². The summed E-state index contributed by atoms with van der Waals surface area (Å²) in [6, 6.07) is 8.50. The van der Waals surface area contributed by atoms with Gasteiger partial charge in [0.25, 0.3) is 0 Å². The van der Waals surface area contributed by atoms with E-state index in [1.54, 1.807) is 0 Å². The Morgan fingerprint density at radius 2 is 1.76 bits per heavy atom. The van der Waals surface area contributed by atoms with Gasteiger partial charge < -0.3 is 15.4 Å². The van der Waals surface area contributed by atoms with Crippen LogP contribution in [0.5, 0.6) is 0 Å². The van der Waals surface area contributed by atoms with Gasteiger partial charge >= 0.3 is 0 Å². The fourth-order valence-electron chi connectivity index (χ4n) is 3.70. The number of ether oxygens (including phenoxy) is 1. The predicted octanol–water partition coefficient (Wildman–Crippen LogP) is 2.14. The van der Waals surface area contributed by atoms with E-state index in [4.69, 9.17) is 10.5 Å². The number of nitrogens with two attached hydrogens (primary N) is 1. The van der Waals surface area contributed by atoms with E-state index in [2.05, 4.69) is 11.0 Å². The van der Waals surface area contributed by atoms with Crippen LogP contribution < -0.4 is 5.73 Å². The summed E-state index contributed by atoms with van der Waals surface area (Å²) in [6.07, 6.45) is 4.54. The Bertz CT molecular complexity index is 489. The first-order chi connectivity index (χ1) is 10.3. The van der Waals surface area contributed by atoms with Crippen LogP contribution in [0.1, 0.15) is 47.5 Å². The van der Waals surface area contributed by atoms with E-state index >= 15 is 0 Å². The number of rotatable bonds is 3. The maximum atomic E-state index is 11.6. The van der Waals surface area contributed by atoms with Crippen LogP contribution in [0.15, 0.2) is 24.3 Å². The van der Waals surface area contributed by atoms with Crippen LogP contribution in [0.3, 0.4) is 0 Å². The first kappa shape index (κ1) is 14.5. The van der Waals surface area contributed by atoms with Crippen LogP contribution in [0.25, 0.3) is 0 Å². The Balaban J connectivity index is 1.64. The van der Waals surface area contributed by atoms with Gasteiger partial charge in [0.05, 0.1) is 0 Å². The number of benzene rings is 1. The van der Waals surface area contributed by atoms with E-state index in [0.29, 0.717) is 17.5 Å². The molecular formula is C17H24N2O2. The van der Waals surface area contributed by atoms with E-state index in [0.717, 1.165) is 57.6 Å². The molecule has 0 unspecified atom stereocenters. The lowest BCUT2D eigenvalue weighted by molar-refractivity contribution is 0.0251. The molecule has 0 radical (unpaired) electrons. The van der Waals surface area contributed by atoms with Gasteiger partial charge in [-0.05, 0) is 56.3 Å². The van der Waals surface area contributed by atoms with Crippen LogP contribution in [0, 0.1) is 0 Å². The maximum Gasteiger partial charge on any atom is 0.248 e. The van der Waals surface area contributed by atoms with Crippen molar-refractivity contribution in [1.29, 1.82) is 0 Å². The summed E-state index contributed by atoms with van der Waals surface area (Å²) >= 11 is 0. The van der Waals surface area contributed by atoms with Crippen molar-refractivity contribution >= 4 is 5.91 Å². The molecule has 2 fully saturated rings. The molecular weight excluding hydrogens is 264 g/mol. The van der Waals surface area contributed by atoms with E-state index in [1.807, 2.05) is 18.2 Å². The van der Waals surface area contributed by atoms with Gasteiger partial charge in [0.15, 0.2) is 0 Å². The number of nitrogens with zero attached hydrogens (tertiary/aromatic N) is 1. The third-order valence-electron chi connectivity index (χ3n) is 4.90. The number of piperidine rings is 1. The second-order valence-corrected chi connectivity index (χ2v) is 6.11. The summed E-state index contributed by atoms with van der Waals surface area (Å²) < 4.78 is 5.45. The second-order valence-electron chi connectivity index (χ2n) is 6.11. The van der Waals surface area contributed by atoms with Crippen molar-refractivity contribution < 1.29 is 9.53 Å². The highest BCUT2D eigenvalue weighted by Gasteiger charge is 2.28. The molecule has 2 saturated heterocycles. The summed E-state index contributed by atoms with van der Waals surface area (Å²) in [4.78, 5) is 14.2. The molecule has 114 valence electrons. The van der Waals surface area contributed by atoms with Crippen molar-refractivity contribution in [2.45, 2.75) is 37.6 Å². The Morgan fingerprint density at radius 1 is 1.10 bits per heavy atom. The molecule has 1 amide bonds. The van der Waals surface area contributed by atoms with Gasteiger partial charge in [-0.3, -0.25) is 4.79 Å². The number of hydrogen-bond donors (Lipinski definition) is 1. The van der Waals surface area contributed by atoms with Crippen molar-refractivity contribution in [3.8, 4) is 0 Å². The quantitative estimate of drug-likeness (QED) is 0.927. The highest BCUT2D eigenvalue weighted by atomic mass is 16.5. The standard InChI is InChI=1S/C17H24N2O2/c18-17(20)16-4-2-1-3-15(16)13-5-9-19(10-6-13)14-7-11-21-12-8-14/h1-4,13-14H,5-12H2,(H2,18,20). The molecule has 0 spiro atoms. The molecule has 2 heterocycles. The number of carbonyl (C=O) groups excluding carboxylic acids is 1. The number of amides is 1. The zero-order valence-electron chi connectivity index (χ0n) is 12.5. The van der Waals surface area contributed by atoms with Crippen molar-refractivity contribution in [3.63, 3.8) is 0 Å². The van der Waals surface area contributed by atoms with Crippen LogP contribution >= 0.6 is 0 Å². The molecule has 0 aliphatic carbocycles. The van der Waals surface area contributed by atoms with E-state index < -0.39 is 0 Å². The lowest BCUT2D eigenvalue weighted by Crippen LogP contribution is -2.43. The van der Waals surface area contributed by atoms with Gasteiger partial charge in [-0.1, -0.05) is 18.2 Å². The van der Waals surface area contributed by atoms with Gasteiger partial charge in [0, 0.05) is 24.8 Å². The Morgan fingerprint density at radius 3 is 2.43 bits per heavy atom. The summed E-state index contributed by atoms with van der Waals surface area (Å²) in [7, 11) is 0. The minimum absolute atomic E-state index is 0.308. The molecule has 2 N–H and O–H groups in total. The molecule has 0 saturated carbocycles. The zero-order valence-corrected chi connectivity index (χ0v) is 12.5. The lowest BCUT2D eigenvalue weighted by atomic mass is 9.85. The molecule has 1 aromatic rings. The molecule has 4 heteroatoms. The molecule has 21 heavy (non-hydrogen) atoms. The topological polar surface area (TPSA) is 55.6 Å². The van der Waals surface area contributed by atoms with Gasteiger partial charge in [0.1, 0.15) is 0 Å². The molecule has 0 bridgehead atoms. The van der Waals surface area contributed by atoms with Gasteiger partial charge in [-0.2, -0.15) is 0 Å². The minimum atomic E-state index is -0.308. The summed E-state index contributed by atoms with van der Waals surface area (Å²) in [5.41, 5.74) is 7.33. The molecule has 2 aliphatic rings. The summed E-state index contributed by atoms with van der Waals surface area (Å²) in [5.74, 6) is 0.155. The minimum Gasteiger partial charge on any atom is -0.381 e. The number of hydrogen-bond acceptors (Lipinski definition) is 3. The van der Waals surface area contributed by atoms with Gasteiger partial charge in [-0.15, -0.1) is 0 Å². The number of primary amides is 1. The normalized spacial score (nSPS) is 22.3. The maximum absolute atomic E-state index is 11.6. The largest absolute Gasteiger partial charge is 0.381 e. The van der Waals surface area contributed by atoms with Gasteiger partial charge in [0.2, 0.25) is 5.91 Å². The smallest absolute Gasteiger partial charge is 0.248 e. The molecule has 1 aromatic carbocycles. The average Bonchev–Trinajstić information content (AvgIpc) is 2.56. The van der Waals surface area contributed by atoms with Crippen molar-refractivity contribution in [2.24, 2.45) is 5.73 Å². The molecule has 2 aliphatic heterocycles. The fourth-order valence-corrected chi connectivity index (χ4v) is 3.70. The zero-order chi connectivity index (χ0) is 14.7. The van der Waals surface area contributed by atoms with E-state index in [-0.39, 0.29) is 5.91 Å². The Kier molecular flexibility index (Phi) is 4.56. The molecule has 4 nitrogen and oxygen atoms in total. The van der Waals surface area contributed by atoms with Crippen molar-refractivity contribution in [3.05, 3.63) is 35.4 Å². The van der Waals surface area contributed by atoms with Crippen LogP contribution in [0.4, 0.5) is 0 Å². The first-order valence-corrected chi connectivity index (χ1v) is 7.96. The predicted molar refractivity (Wildman–Crippen MR) is 82.3 cm³/mol. The van der Waals surface area contributed by atoms with E-state index in [9.17, 15) is 4.79 Å². The highest BCUT2D eigenvalue weighted by molar-refractivity contribution is 5.94. The number of carbonyl (C=O) groups is 1. The van der Waals surface area contributed by atoms with Crippen LogP contribution in [0.2, 0.25) is 0 Å². The van der Waals surface area contributed by atoms with Crippen molar-refractivity contribution in [2.75, 3.05) is 26.3 Å². The van der Waals surface area contributed by atoms with Gasteiger partial charge in [-0.25, -0.2) is 0 Å². The molecule has 3 rings (SSSR count). The van der Waals surface area contributed by atoms with E-state index in [1.165, 1.54) is 0 Å². The highest BCUT2D eigenvalue weighted by Crippen LogP contribution is 2.32. The molecule has 0 aromatic heterocycles. The average molecular weight is 288 g/mol. The monoisotopic (exact) mass is 288 g/mol. The lowest BCUT2D eigenvalue weighted by Gasteiger charge is -2.39. The second kappa shape index (κ2) is 6.58. The SMILES string of the molecule is NC(=O)c1ccccc1C1CCN(C2CCOCC2)CC1. The number of likely N-dealkylation sites (tertiary alicyclic amines) is 1. The van der Waals surface area contributed by atoms with Crippen LogP contribution in [-0.2, 0) is 4.74 Å². The van der Waals surface area contributed by atoms with Crippen molar-refractivity contribution in [1.82, 2.24) is 4.90 Å². The molecule has 0 atom stereocenters. The third kappa shape index (κ3) is 3.27. The Labute approximate surface area is 126 Å². The first-order valence-electron chi connectivity index (χ1n) is 7.96. The summed E-state index contributed by atoms with van der Waals surface area (Å²) in [6.45, 7) is 4.02. The summed E-state index contributed by atoms with van der Waals surface area (Å²) in [5, 5.41) is 0. The third-order valence-corrected chi connectivity index (χ3v) is 4.90. The Hall–Kier alpha value is -1.39. The fraction of sp³-hybridized carbons (Fsp3) is 0.588.